The first-order chi connectivity index (χ1) is 11.1. The van der Waals surface area contributed by atoms with E-state index in [2.05, 4.69) is 15.5 Å². The van der Waals surface area contributed by atoms with Crippen LogP contribution in [0.4, 0.5) is 8.78 Å². The summed E-state index contributed by atoms with van der Waals surface area (Å²) in [4.78, 5) is 13.9. The fourth-order valence-corrected chi connectivity index (χ4v) is 2.74. The molecule has 2 aromatic rings. The summed E-state index contributed by atoms with van der Waals surface area (Å²) in [6.45, 7) is 0.871. The molecule has 1 aliphatic heterocycles. The average Bonchev–Trinajstić information content (AvgIpc) is 2.98. The monoisotopic (exact) mass is 320 g/mol. The Morgan fingerprint density at radius 2 is 2.09 bits per heavy atom. The molecule has 5 nitrogen and oxygen atoms in total. The topological polar surface area (TPSA) is 61.0 Å². The molecule has 1 amide bonds. The molecule has 0 unspecified atom stereocenters. The Hall–Kier alpha value is -2.28. The van der Waals surface area contributed by atoms with Gasteiger partial charge in [0, 0.05) is 37.3 Å². The van der Waals surface area contributed by atoms with Crippen LogP contribution in [-0.4, -0.2) is 40.5 Å². The van der Waals surface area contributed by atoms with Gasteiger partial charge in [-0.05, 0) is 5.56 Å². The fourth-order valence-electron chi connectivity index (χ4n) is 2.74. The Bertz CT molecular complexity index is 672. The number of hydrogen-bond donors (Lipinski definition) is 2. The first-order valence-corrected chi connectivity index (χ1v) is 7.53. The van der Waals surface area contributed by atoms with Gasteiger partial charge < -0.3 is 10.2 Å². The molecule has 23 heavy (non-hydrogen) atoms. The zero-order valence-electron chi connectivity index (χ0n) is 12.6. The molecule has 0 saturated heterocycles. The standard InChI is InChI=1S/C16H18F2N4O/c17-14(18)10-22(9-11-4-2-1-3-5-11)16(23)15-12-8-19-7-6-13(12)20-21-15/h1-5,14,19H,6-10H2,(H,20,21). The molecule has 0 atom stereocenters. The molecule has 0 bridgehead atoms. The van der Waals surface area contributed by atoms with Crippen LogP contribution in [0.5, 0.6) is 0 Å². The summed E-state index contributed by atoms with van der Waals surface area (Å²) in [5.41, 5.74) is 2.74. The van der Waals surface area contributed by atoms with E-state index in [-0.39, 0.29) is 12.2 Å². The number of aromatic amines is 1. The van der Waals surface area contributed by atoms with Gasteiger partial charge in [-0.15, -0.1) is 0 Å². The molecule has 2 N–H and O–H groups in total. The van der Waals surface area contributed by atoms with Gasteiger partial charge in [-0.2, -0.15) is 5.10 Å². The number of aromatic nitrogens is 2. The Balaban J connectivity index is 1.84. The number of H-pyrrole nitrogens is 1. The Kier molecular flexibility index (Phi) is 4.66. The van der Waals surface area contributed by atoms with Gasteiger partial charge in [-0.1, -0.05) is 30.3 Å². The molecule has 0 saturated carbocycles. The number of nitrogens with one attached hydrogen (secondary N) is 2. The summed E-state index contributed by atoms with van der Waals surface area (Å²) < 4.78 is 25.8. The van der Waals surface area contributed by atoms with E-state index in [1.165, 1.54) is 0 Å². The van der Waals surface area contributed by atoms with Crippen molar-refractivity contribution in [2.75, 3.05) is 13.1 Å². The minimum atomic E-state index is -2.59. The van der Waals surface area contributed by atoms with Crippen molar-refractivity contribution in [2.24, 2.45) is 0 Å². The van der Waals surface area contributed by atoms with E-state index in [1.807, 2.05) is 30.3 Å². The van der Waals surface area contributed by atoms with Crippen LogP contribution in [0.1, 0.15) is 27.3 Å². The summed E-state index contributed by atoms with van der Waals surface area (Å²) in [5.74, 6) is -0.463. The maximum atomic E-state index is 12.9. The number of carbonyl (C=O) groups excluding carboxylic acids is 1. The number of carbonyl (C=O) groups is 1. The number of benzene rings is 1. The van der Waals surface area contributed by atoms with Crippen LogP contribution in [0, 0.1) is 0 Å². The third-order valence-corrected chi connectivity index (χ3v) is 3.87. The summed E-state index contributed by atoms with van der Waals surface area (Å²) in [6.07, 6.45) is -1.83. The van der Waals surface area contributed by atoms with Crippen LogP contribution >= 0.6 is 0 Å². The Morgan fingerprint density at radius 3 is 2.83 bits per heavy atom. The molecule has 0 spiro atoms. The lowest BCUT2D eigenvalue weighted by Gasteiger charge is -2.22. The largest absolute Gasteiger partial charge is 0.327 e. The second kappa shape index (κ2) is 6.87. The zero-order valence-corrected chi connectivity index (χ0v) is 12.6. The fraction of sp³-hybridized carbons (Fsp3) is 0.375. The molecule has 2 heterocycles. The summed E-state index contributed by atoms with van der Waals surface area (Å²) in [5, 5.41) is 10.1. The quantitative estimate of drug-likeness (QED) is 0.885. The smallest absolute Gasteiger partial charge is 0.275 e. The lowest BCUT2D eigenvalue weighted by Crippen LogP contribution is -2.36. The predicted octanol–water partition coefficient (Wildman–Crippen LogP) is 1.96. The number of halogens is 2. The van der Waals surface area contributed by atoms with Crippen molar-refractivity contribution >= 4 is 5.91 Å². The van der Waals surface area contributed by atoms with Gasteiger partial charge in [0.15, 0.2) is 5.69 Å². The van der Waals surface area contributed by atoms with Crippen molar-refractivity contribution < 1.29 is 13.6 Å². The highest BCUT2D eigenvalue weighted by molar-refractivity contribution is 5.94. The predicted molar refractivity (Wildman–Crippen MR) is 81.2 cm³/mol. The number of nitrogens with zero attached hydrogens (tertiary/aromatic N) is 2. The number of hydrogen-bond acceptors (Lipinski definition) is 3. The highest BCUT2D eigenvalue weighted by atomic mass is 19.3. The zero-order chi connectivity index (χ0) is 16.2. The van der Waals surface area contributed by atoms with Crippen LogP contribution < -0.4 is 5.32 Å². The molecule has 122 valence electrons. The van der Waals surface area contributed by atoms with Crippen LogP contribution in [0.15, 0.2) is 30.3 Å². The summed E-state index contributed by atoms with van der Waals surface area (Å²) in [7, 11) is 0. The lowest BCUT2D eigenvalue weighted by molar-refractivity contribution is 0.0528. The Labute approximate surface area is 132 Å². The molecule has 1 aromatic heterocycles. The van der Waals surface area contributed by atoms with E-state index >= 15 is 0 Å². The van der Waals surface area contributed by atoms with Crippen LogP contribution in [0.2, 0.25) is 0 Å². The molecule has 0 radical (unpaired) electrons. The molecular weight excluding hydrogens is 302 g/mol. The first kappa shape index (κ1) is 15.6. The molecule has 0 aliphatic carbocycles. The second-order valence-electron chi connectivity index (χ2n) is 5.52. The number of fused-ring (bicyclic) bond motifs is 1. The maximum absolute atomic E-state index is 12.9. The van der Waals surface area contributed by atoms with Gasteiger partial charge in [0.25, 0.3) is 12.3 Å². The first-order valence-electron chi connectivity index (χ1n) is 7.53. The van der Waals surface area contributed by atoms with Gasteiger partial charge in [0.05, 0.1) is 6.54 Å². The number of rotatable bonds is 5. The van der Waals surface area contributed by atoms with E-state index in [9.17, 15) is 13.6 Å². The SMILES string of the molecule is O=C(c1n[nH]c2c1CNCC2)N(Cc1ccccc1)CC(F)F. The van der Waals surface area contributed by atoms with Gasteiger partial charge in [0.2, 0.25) is 0 Å². The van der Waals surface area contributed by atoms with E-state index < -0.39 is 18.9 Å². The normalized spacial score (nSPS) is 13.9. The minimum absolute atomic E-state index is 0.138. The van der Waals surface area contributed by atoms with E-state index in [4.69, 9.17) is 0 Å². The van der Waals surface area contributed by atoms with Crippen molar-refractivity contribution in [1.29, 1.82) is 0 Å². The van der Waals surface area contributed by atoms with Gasteiger partial charge >= 0.3 is 0 Å². The third-order valence-electron chi connectivity index (χ3n) is 3.87. The molecular formula is C16H18F2N4O. The van der Waals surface area contributed by atoms with Crippen molar-refractivity contribution in [1.82, 2.24) is 20.4 Å². The van der Waals surface area contributed by atoms with Crippen molar-refractivity contribution in [3.63, 3.8) is 0 Å². The highest BCUT2D eigenvalue weighted by Crippen LogP contribution is 2.19. The molecule has 1 aromatic carbocycles. The average molecular weight is 320 g/mol. The molecule has 7 heteroatoms. The molecule has 3 rings (SSSR count). The third kappa shape index (κ3) is 3.56. The molecule has 0 fully saturated rings. The van der Waals surface area contributed by atoms with Crippen molar-refractivity contribution in [3.8, 4) is 0 Å². The van der Waals surface area contributed by atoms with Gasteiger partial charge in [-0.25, -0.2) is 8.78 Å². The number of amides is 1. The summed E-state index contributed by atoms with van der Waals surface area (Å²) >= 11 is 0. The van der Waals surface area contributed by atoms with Crippen LogP contribution in [-0.2, 0) is 19.5 Å². The van der Waals surface area contributed by atoms with E-state index in [0.29, 0.717) is 6.54 Å². The van der Waals surface area contributed by atoms with Gasteiger partial charge in [-0.3, -0.25) is 9.89 Å². The van der Waals surface area contributed by atoms with Crippen LogP contribution in [0.25, 0.3) is 0 Å². The minimum Gasteiger partial charge on any atom is -0.327 e. The lowest BCUT2D eigenvalue weighted by atomic mass is 10.1. The second-order valence-corrected chi connectivity index (χ2v) is 5.52. The molecule has 1 aliphatic rings. The highest BCUT2D eigenvalue weighted by Gasteiger charge is 2.27. The maximum Gasteiger partial charge on any atom is 0.275 e. The van der Waals surface area contributed by atoms with Crippen molar-refractivity contribution in [3.05, 3.63) is 52.8 Å². The summed E-state index contributed by atoms with van der Waals surface area (Å²) in [6, 6.07) is 9.11. The Morgan fingerprint density at radius 1 is 1.30 bits per heavy atom. The number of alkyl halides is 2. The van der Waals surface area contributed by atoms with Crippen molar-refractivity contribution in [2.45, 2.75) is 25.9 Å². The van der Waals surface area contributed by atoms with Gasteiger partial charge in [0.1, 0.15) is 0 Å². The van der Waals surface area contributed by atoms with E-state index in [1.54, 1.807) is 0 Å². The van der Waals surface area contributed by atoms with Crippen LogP contribution in [0.3, 0.4) is 0 Å². The van der Waals surface area contributed by atoms with E-state index in [0.717, 1.165) is 34.7 Å².